The van der Waals surface area contributed by atoms with Gasteiger partial charge in [0.2, 0.25) is 5.28 Å². The fourth-order valence-electron chi connectivity index (χ4n) is 1.31. The van der Waals surface area contributed by atoms with E-state index in [9.17, 15) is 0 Å². The topological polar surface area (TPSA) is 37.8 Å². The number of nitrogens with zero attached hydrogens (tertiary/aromatic N) is 2. The van der Waals surface area contributed by atoms with Crippen molar-refractivity contribution in [2.24, 2.45) is 0 Å². The van der Waals surface area contributed by atoms with Crippen molar-refractivity contribution >= 4 is 40.8 Å². The highest BCUT2D eigenvalue weighted by molar-refractivity contribution is 6.33. The molecule has 1 aromatic carbocycles. The lowest BCUT2D eigenvalue weighted by Crippen LogP contribution is -1.96. The summed E-state index contributed by atoms with van der Waals surface area (Å²) in [4.78, 5) is 7.79. The molecule has 1 N–H and O–H groups in total. The first-order valence-electron chi connectivity index (χ1n) is 4.86. The van der Waals surface area contributed by atoms with Crippen LogP contribution in [0, 0.1) is 0 Å². The number of halogens is 2. The second kappa shape index (κ2) is 5.17. The zero-order chi connectivity index (χ0) is 12.3. The van der Waals surface area contributed by atoms with Crippen LogP contribution in [-0.2, 0) is 0 Å². The third-order valence-electron chi connectivity index (χ3n) is 2.10. The lowest BCUT2D eigenvalue weighted by Gasteiger charge is -2.07. The van der Waals surface area contributed by atoms with Crippen LogP contribution in [0.2, 0.25) is 10.3 Å². The van der Waals surface area contributed by atoms with Gasteiger partial charge in [-0.3, -0.25) is 0 Å². The molecule has 0 saturated heterocycles. The summed E-state index contributed by atoms with van der Waals surface area (Å²) in [6, 6.07) is 7.70. The Bertz CT molecular complexity index is 555. The van der Waals surface area contributed by atoms with Crippen LogP contribution in [0.4, 0.5) is 11.5 Å². The number of nitrogens with one attached hydrogen (secondary N) is 1. The first-order chi connectivity index (χ1) is 8.19. The molecule has 5 heteroatoms. The number of aromatic nitrogens is 2. The molecule has 0 radical (unpaired) electrons. The van der Waals surface area contributed by atoms with E-state index in [1.165, 1.54) is 6.20 Å². The van der Waals surface area contributed by atoms with Crippen LogP contribution in [0.3, 0.4) is 0 Å². The van der Waals surface area contributed by atoms with E-state index >= 15 is 0 Å². The fourth-order valence-corrected chi connectivity index (χ4v) is 1.58. The summed E-state index contributed by atoms with van der Waals surface area (Å²) in [7, 11) is 0. The molecular formula is C12H9Cl2N3. The molecule has 0 aliphatic rings. The summed E-state index contributed by atoms with van der Waals surface area (Å²) in [6.07, 6.45) is 3.22. The molecule has 0 amide bonds. The summed E-state index contributed by atoms with van der Waals surface area (Å²) in [5.74, 6) is 0.480. The Hall–Kier alpha value is -1.58. The van der Waals surface area contributed by atoms with Crippen molar-refractivity contribution in [3.8, 4) is 0 Å². The van der Waals surface area contributed by atoms with E-state index < -0.39 is 0 Å². The van der Waals surface area contributed by atoms with Gasteiger partial charge in [-0.1, -0.05) is 36.4 Å². The Labute approximate surface area is 109 Å². The predicted molar refractivity (Wildman–Crippen MR) is 71.9 cm³/mol. The highest BCUT2D eigenvalue weighted by atomic mass is 35.5. The van der Waals surface area contributed by atoms with Gasteiger partial charge in [0.05, 0.1) is 6.20 Å². The first-order valence-corrected chi connectivity index (χ1v) is 5.62. The van der Waals surface area contributed by atoms with Gasteiger partial charge in [-0.2, -0.15) is 4.98 Å². The molecule has 2 rings (SSSR count). The number of rotatable bonds is 3. The summed E-state index contributed by atoms with van der Waals surface area (Å²) < 4.78 is 0. The fraction of sp³-hybridized carbons (Fsp3) is 0. The van der Waals surface area contributed by atoms with Crippen molar-refractivity contribution in [3.05, 3.63) is 52.9 Å². The van der Waals surface area contributed by atoms with E-state index in [0.717, 1.165) is 11.3 Å². The number of anilines is 2. The van der Waals surface area contributed by atoms with Crippen LogP contribution in [-0.4, -0.2) is 9.97 Å². The lowest BCUT2D eigenvalue weighted by atomic mass is 10.2. The molecule has 0 aliphatic carbocycles. The van der Waals surface area contributed by atoms with Crippen molar-refractivity contribution in [1.82, 2.24) is 9.97 Å². The average molecular weight is 266 g/mol. The number of hydrogen-bond acceptors (Lipinski definition) is 3. The van der Waals surface area contributed by atoms with E-state index in [1.807, 2.05) is 24.3 Å². The Balaban J connectivity index is 2.30. The van der Waals surface area contributed by atoms with E-state index in [4.69, 9.17) is 23.2 Å². The quantitative estimate of drug-likeness (QED) is 0.847. The average Bonchev–Trinajstić information content (AvgIpc) is 2.34. The molecule has 0 fully saturated rings. The molecule has 17 heavy (non-hydrogen) atoms. The minimum Gasteiger partial charge on any atom is -0.339 e. The number of benzene rings is 1. The van der Waals surface area contributed by atoms with E-state index in [1.54, 1.807) is 6.08 Å². The molecule has 1 heterocycles. The van der Waals surface area contributed by atoms with Gasteiger partial charge in [0.15, 0.2) is 5.82 Å². The molecule has 0 aliphatic heterocycles. The molecule has 0 atom stereocenters. The van der Waals surface area contributed by atoms with Gasteiger partial charge in [0.25, 0.3) is 0 Å². The standard InChI is InChI=1S/C12H9Cl2N3/c1-2-8-4-3-5-9(6-8)16-11-10(13)7-15-12(14)17-11/h2-7H,1H2,(H,15,16,17). The Morgan fingerprint density at radius 1 is 1.29 bits per heavy atom. The van der Waals surface area contributed by atoms with Gasteiger partial charge < -0.3 is 5.32 Å². The molecule has 1 aromatic heterocycles. The van der Waals surface area contributed by atoms with Gasteiger partial charge in [-0.05, 0) is 29.3 Å². The molecule has 3 nitrogen and oxygen atoms in total. The highest BCUT2D eigenvalue weighted by Gasteiger charge is 2.04. The first kappa shape index (κ1) is 11.9. The molecule has 0 bridgehead atoms. The third-order valence-corrected chi connectivity index (χ3v) is 2.56. The predicted octanol–water partition coefficient (Wildman–Crippen LogP) is 4.17. The smallest absolute Gasteiger partial charge is 0.224 e. The molecule has 0 spiro atoms. The van der Waals surface area contributed by atoms with Gasteiger partial charge in [0.1, 0.15) is 5.02 Å². The summed E-state index contributed by atoms with van der Waals surface area (Å²) >= 11 is 11.7. The highest BCUT2D eigenvalue weighted by Crippen LogP contribution is 2.24. The van der Waals surface area contributed by atoms with Gasteiger partial charge in [-0.25, -0.2) is 4.98 Å². The van der Waals surface area contributed by atoms with Crippen LogP contribution in [0.25, 0.3) is 6.08 Å². The van der Waals surface area contributed by atoms with Crippen LogP contribution in [0.1, 0.15) is 5.56 Å². The van der Waals surface area contributed by atoms with Crippen molar-refractivity contribution in [3.63, 3.8) is 0 Å². The second-order valence-corrected chi connectivity index (χ2v) is 4.04. The van der Waals surface area contributed by atoms with E-state index in [2.05, 4.69) is 21.9 Å². The van der Waals surface area contributed by atoms with Crippen LogP contribution in [0.15, 0.2) is 37.0 Å². The SMILES string of the molecule is C=Cc1cccc(Nc2nc(Cl)ncc2Cl)c1. The Morgan fingerprint density at radius 3 is 2.88 bits per heavy atom. The van der Waals surface area contributed by atoms with Crippen molar-refractivity contribution in [1.29, 1.82) is 0 Å². The van der Waals surface area contributed by atoms with Gasteiger partial charge >= 0.3 is 0 Å². The molecule has 86 valence electrons. The van der Waals surface area contributed by atoms with Crippen molar-refractivity contribution in [2.75, 3.05) is 5.32 Å². The van der Waals surface area contributed by atoms with Gasteiger partial charge in [-0.15, -0.1) is 0 Å². The maximum atomic E-state index is 5.95. The molecule has 2 aromatic rings. The maximum absolute atomic E-state index is 5.95. The molecule has 0 saturated carbocycles. The van der Waals surface area contributed by atoms with Crippen molar-refractivity contribution in [2.45, 2.75) is 0 Å². The maximum Gasteiger partial charge on any atom is 0.224 e. The minimum atomic E-state index is 0.150. The Kier molecular flexibility index (Phi) is 3.61. The lowest BCUT2D eigenvalue weighted by molar-refractivity contribution is 1.17. The van der Waals surface area contributed by atoms with Gasteiger partial charge in [0, 0.05) is 5.69 Å². The van der Waals surface area contributed by atoms with Crippen LogP contribution in [0.5, 0.6) is 0 Å². The van der Waals surface area contributed by atoms with Crippen molar-refractivity contribution < 1.29 is 0 Å². The summed E-state index contributed by atoms with van der Waals surface area (Å²) in [5.41, 5.74) is 1.87. The minimum absolute atomic E-state index is 0.150. The largest absolute Gasteiger partial charge is 0.339 e. The van der Waals surface area contributed by atoms with E-state index in [-0.39, 0.29) is 5.28 Å². The monoisotopic (exact) mass is 265 g/mol. The van der Waals surface area contributed by atoms with E-state index in [0.29, 0.717) is 10.8 Å². The summed E-state index contributed by atoms with van der Waals surface area (Å²) in [6.45, 7) is 3.71. The Morgan fingerprint density at radius 2 is 2.12 bits per heavy atom. The zero-order valence-corrected chi connectivity index (χ0v) is 10.3. The molecular weight excluding hydrogens is 257 g/mol. The summed E-state index contributed by atoms with van der Waals surface area (Å²) in [5, 5.41) is 3.64. The number of hydrogen-bond donors (Lipinski definition) is 1. The second-order valence-electron chi connectivity index (χ2n) is 3.29. The van der Waals surface area contributed by atoms with Crippen LogP contribution < -0.4 is 5.32 Å². The zero-order valence-electron chi connectivity index (χ0n) is 8.82. The molecule has 0 unspecified atom stereocenters. The van der Waals surface area contributed by atoms with Crippen LogP contribution >= 0.6 is 23.2 Å². The normalized spacial score (nSPS) is 10.0. The third kappa shape index (κ3) is 2.96.